The highest BCUT2D eigenvalue weighted by atomic mass is 19.1. The Labute approximate surface area is 178 Å². The number of fused-ring (bicyclic) bond motifs is 1. The average Bonchev–Trinajstić information content (AvgIpc) is 3.40. The van der Waals surface area contributed by atoms with E-state index in [1.165, 1.54) is 10.6 Å². The van der Waals surface area contributed by atoms with E-state index in [1.54, 1.807) is 30.7 Å². The van der Waals surface area contributed by atoms with Crippen LogP contribution in [0.4, 0.5) is 4.39 Å². The molecule has 1 aromatic heterocycles. The molecule has 1 N–H and O–H groups in total. The van der Waals surface area contributed by atoms with Crippen LogP contribution in [0, 0.1) is 12.7 Å². The molecule has 0 spiro atoms. The van der Waals surface area contributed by atoms with Gasteiger partial charge in [-0.2, -0.15) is 0 Å². The molecule has 6 heteroatoms. The summed E-state index contributed by atoms with van der Waals surface area (Å²) in [7, 11) is 0. The Hall–Kier alpha value is -3.93. The average molecular weight is 413 g/mol. The second kappa shape index (κ2) is 7.72. The summed E-state index contributed by atoms with van der Waals surface area (Å²) in [6, 6.07) is 18.4. The Balaban J connectivity index is 1.69. The van der Waals surface area contributed by atoms with Gasteiger partial charge in [0.1, 0.15) is 17.3 Å². The maximum atomic E-state index is 14.6. The van der Waals surface area contributed by atoms with Crippen LogP contribution >= 0.6 is 0 Å². The number of hydrogen-bond acceptors (Lipinski definition) is 3. The first-order chi connectivity index (χ1) is 15.1. The SMILES string of the molecule is Cc1ccc(F)c(-c2cn3c(=O)c(Cc4ccco4)nc-3c(Cc3ccccc3)[nH]2)c1. The summed E-state index contributed by atoms with van der Waals surface area (Å²) in [5, 5.41) is 0. The lowest BCUT2D eigenvalue weighted by atomic mass is 10.1. The number of aryl methyl sites for hydroxylation is 1. The van der Waals surface area contributed by atoms with Gasteiger partial charge in [0.2, 0.25) is 0 Å². The number of furan rings is 1. The van der Waals surface area contributed by atoms with Gasteiger partial charge in [-0.15, -0.1) is 0 Å². The minimum absolute atomic E-state index is 0.232. The molecule has 0 aliphatic carbocycles. The molecule has 2 aromatic carbocycles. The number of benzene rings is 2. The number of nitrogens with zero attached hydrogens (tertiary/aromatic N) is 2. The van der Waals surface area contributed by atoms with Crippen molar-refractivity contribution in [2.75, 3.05) is 0 Å². The molecule has 31 heavy (non-hydrogen) atoms. The summed E-state index contributed by atoms with van der Waals surface area (Å²) in [5.41, 5.74) is 3.83. The summed E-state index contributed by atoms with van der Waals surface area (Å²) < 4.78 is 21.5. The normalized spacial score (nSPS) is 11.3. The first-order valence-corrected chi connectivity index (χ1v) is 10.0. The lowest BCUT2D eigenvalue weighted by molar-refractivity contribution is 0.519. The number of imidazole rings is 1. The first kappa shape index (κ1) is 19.1. The van der Waals surface area contributed by atoms with E-state index in [4.69, 9.17) is 4.42 Å². The minimum Gasteiger partial charge on any atom is -0.469 e. The molecule has 0 saturated carbocycles. The van der Waals surface area contributed by atoms with Gasteiger partial charge in [-0.1, -0.05) is 42.0 Å². The van der Waals surface area contributed by atoms with Crippen molar-refractivity contribution < 1.29 is 8.81 Å². The molecule has 0 bridgehead atoms. The Kier molecular flexibility index (Phi) is 4.75. The Bertz CT molecular complexity index is 1370. The molecule has 2 aliphatic heterocycles. The number of hydrogen-bond donors (Lipinski definition) is 1. The van der Waals surface area contributed by atoms with Crippen LogP contribution < -0.4 is 5.56 Å². The highest BCUT2D eigenvalue weighted by Crippen LogP contribution is 2.26. The van der Waals surface area contributed by atoms with E-state index >= 15 is 0 Å². The van der Waals surface area contributed by atoms with Gasteiger partial charge in [0.05, 0.1) is 24.1 Å². The van der Waals surface area contributed by atoms with Crippen molar-refractivity contribution >= 4 is 0 Å². The van der Waals surface area contributed by atoms with E-state index in [0.717, 1.165) is 16.8 Å². The van der Waals surface area contributed by atoms with Gasteiger partial charge in [0.25, 0.3) is 5.56 Å². The number of aromatic nitrogens is 3. The Morgan fingerprint density at radius 2 is 1.90 bits per heavy atom. The van der Waals surface area contributed by atoms with Gasteiger partial charge in [-0.05, 0) is 36.8 Å². The predicted octanol–water partition coefficient (Wildman–Crippen LogP) is 4.89. The number of aromatic amines is 1. The Morgan fingerprint density at radius 1 is 1.06 bits per heavy atom. The molecule has 0 unspecified atom stereocenters. The maximum Gasteiger partial charge on any atom is 0.278 e. The second-order valence-corrected chi connectivity index (χ2v) is 7.61. The van der Waals surface area contributed by atoms with Crippen LogP contribution in [0.2, 0.25) is 0 Å². The third-order valence-electron chi connectivity index (χ3n) is 5.31. The number of rotatable bonds is 5. The van der Waals surface area contributed by atoms with E-state index in [9.17, 15) is 9.18 Å². The first-order valence-electron chi connectivity index (χ1n) is 10.0. The van der Waals surface area contributed by atoms with Crippen LogP contribution in [0.1, 0.15) is 28.3 Å². The summed E-state index contributed by atoms with van der Waals surface area (Å²) >= 11 is 0. The van der Waals surface area contributed by atoms with E-state index in [0.29, 0.717) is 41.4 Å². The summed E-state index contributed by atoms with van der Waals surface area (Å²) in [5.74, 6) is 0.849. The lowest BCUT2D eigenvalue weighted by Gasteiger charge is -2.14. The molecular formula is C25H20FN3O2. The molecule has 5 rings (SSSR count). The molecule has 0 saturated heterocycles. The molecular weight excluding hydrogens is 393 g/mol. The van der Waals surface area contributed by atoms with Crippen LogP contribution in [-0.4, -0.2) is 14.5 Å². The summed E-state index contributed by atoms with van der Waals surface area (Å²) in [4.78, 5) is 21.1. The van der Waals surface area contributed by atoms with Crippen LogP contribution in [-0.2, 0) is 12.8 Å². The van der Waals surface area contributed by atoms with Gasteiger partial charge in [0.15, 0.2) is 5.82 Å². The largest absolute Gasteiger partial charge is 0.469 e. The van der Waals surface area contributed by atoms with E-state index in [2.05, 4.69) is 9.97 Å². The monoisotopic (exact) mass is 413 g/mol. The fourth-order valence-electron chi connectivity index (χ4n) is 3.78. The minimum atomic E-state index is -0.352. The lowest BCUT2D eigenvalue weighted by Crippen LogP contribution is -2.18. The van der Waals surface area contributed by atoms with Crippen molar-refractivity contribution in [2.24, 2.45) is 0 Å². The fraction of sp³-hybridized carbons (Fsp3) is 0.120. The van der Waals surface area contributed by atoms with Crippen LogP contribution in [0.25, 0.3) is 17.1 Å². The van der Waals surface area contributed by atoms with Gasteiger partial charge in [0, 0.05) is 18.2 Å². The summed E-state index contributed by atoms with van der Waals surface area (Å²) in [6.45, 7) is 1.91. The zero-order valence-corrected chi connectivity index (χ0v) is 16.9. The van der Waals surface area contributed by atoms with Crippen molar-refractivity contribution in [1.29, 1.82) is 0 Å². The smallest absolute Gasteiger partial charge is 0.278 e. The molecule has 5 nitrogen and oxygen atoms in total. The second-order valence-electron chi connectivity index (χ2n) is 7.61. The molecule has 0 atom stereocenters. The van der Waals surface area contributed by atoms with E-state index < -0.39 is 0 Å². The maximum absolute atomic E-state index is 14.6. The van der Waals surface area contributed by atoms with Crippen LogP contribution in [0.15, 0.2) is 82.3 Å². The fourth-order valence-corrected chi connectivity index (χ4v) is 3.78. The third kappa shape index (κ3) is 3.68. The van der Waals surface area contributed by atoms with Gasteiger partial charge in [-0.3, -0.25) is 9.36 Å². The Morgan fingerprint density at radius 3 is 2.68 bits per heavy atom. The van der Waals surface area contributed by atoms with E-state index in [1.807, 2.05) is 43.3 Å². The molecule has 154 valence electrons. The molecule has 3 aromatic rings. The van der Waals surface area contributed by atoms with Crippen LogP contribution in [0.3, 0.4) is 0 Å². The standard InChI is InChI=1S/C25H20FN3O2/c1-16-9-10-20(26)19(12-16)23-15-29-24(21(27-23)13-17-6-3-2-4-7-17)28-22(25(29)30)14-18-8-5-11-31-18/h2-12,15,27H,13-14H2,1H3. The molecule has 0 radical (unpaired) electrons. The molecule has 0 fully saturated rings. The van der Waals surface area contributed by atoms with Crippen molar-refractivity contribution in [2.45, 2.75) is 19.8 Å². The number of H-pyrrole nitrogens is 1. The molecule has 2 aliphatic rings. The zero-order valence-electron chi connectivity index (χ0n) is 16.9. The zero-order chi connectivity index (χ0) is 21.4. The topological polar surface area (TPSA) is 63.8 Å². The summed E-state index contributed by atoms with van der Waals surface area (Å²) in [6.07, 6.45) is 4.03. The van der Waals surface area contributed by atoms with Crippen molar-refractivity contribution in [1.82, 2.24) is 14.5 Å². The molecule has 3 heterocycles. The van der Waals surface area contributed by atoms with Crippen molar-refractivity contribution in [3.63, 3.8) is 0 Å². The highest BCUT2D eigenvalue weighted by Gasteiger charge is 2.21. The predicted molar refractivity (Wildman–Crippen MR) is 116 cm³/mol. The number of nitrogens with one attached hydrogen (secondary N) is 1. The number of halogens is 1. The van der Waals surface area contributed by atoms with Gasteiger partial charge >= 0.3 is 0 Å². The third-order valence-corrected chi connectivity index (χ3v) is 5.31. The molecule has 0 amide bonds. The van der Waals surface area contributed by atoms with Crippen molar-refractivity contribution in [3.05, 3.63) is 118 Å². The van der Waals surface area contributed by atoms with Crippen molar-refractivity contribution in [3.8, 4) is 17.1 Å². The quantitative estimate of drug-likeness (QED) is 0.446. The highest BCUT2D eigenvalue weighted by molar-refractivity contribution is 5.62. The van der Waals surface area contributed by atoms with Gasteiger partial charge < -0.3 is 9.40 Å². The van der Waals surface area contributed by atoms with E-state index in [-0.39, 0.29) is 11.4 Å². The van der Waals surface area contributed by atoms with Crippen LogP contribution in [0.5, 0.6) is 0 Å². The van der Waals surface area contributed by atoms with Gasteiger partial charge in [-0.25, -0.2) is 9.37 Å².